The molecule has 0 aromatic heterocycles. The highest BCUT2D eigenvalue weighted by Crippen LogP contribution is 2.35. The molecule has 0 radical (unpaired) electrons. The third-order valence-corrected chi connectivity index (χ3v) is 4.99. The predicted molar refractivity (Wildman–Crippen MR) is 92.0 cm³/mol. The molecule has 5 heteroatoms. The summed E-state index contributed by atoms with van der Waals surface area (Å²) in [5.41, 5.74) is 8.11. The van der Waals surface area contributed by atoms with Crippen molar-refractivity contribution in [1.29, 1.82) is 0 Å². The molecule has 0 spiro atoms. The van der Waals surface area contributed by atoms with Gasteiger partial charge in [-0.1, -0.05) is 25.5 Å². The first-order valence-electron chi connectivity index (χ1n) is 8.71. The van der Waals surface area contributed by atoms with Gasteiger partial charge in [-0.05, 0) is 37.9 Å². The Bertz CT molecular complexity index is 523. The van der Waals surface area contributed by atoms with E-state index in [4.69, 9.17) is 9.47 Å². The fourth-order valence-corrected chi connectivity index (χ4v) is 3.67. The van der Waals surface area contributed by atoms with E-state index in [0.717, 1.165) is 31.1 Å². The molecule has 2 heterocycles. The summed E-state index contributed by atoms with van der Waals surface area (Å²) in [7, 11) is 3.90. The molecule has 1 saturated heterocycles. The summed E-state index contributed by atoms with van der Waals surface area (Å²) < 4.78 is 11.4. The van der Waals surface area contributed by atoms with Gasteiger partial charge < -0.3 is 9.47 Å². The van der Waals surface area contributed by atoms with E-state index in [1.807, 2.05) is 12.1 Å². The topological polar surface area (TPSA) is 45.8 Å². The molecular formula is C18H29N3O2. The van der Waals surface area contributed by atoms with Gasteiger partial charge in [0.25, 0.3) is 0 Å². The average molecular weight is 319 g/mol. The summed E-state index contributed by atoms with van der Waals surface area (Å²) in [6.07, 6.45) is 4.70. The molecule has 0 saturated carbocycles. The molecule has 1 aromatic carbocycles. The smallest absolute Gasteiger partial charge is 0.164 e. The molecule has 0 bridgehead atoms. The van der Waals surface area contributed by atoms with Crippen molar-refractivity contribution in [3.05, 3.63) is 23.8 Å². The largest absolute Gasteiger partial charge is 0.493 e. The highest BCUT2D eigenvalue weighted by Gasteiger charge is 2.29. The van der Waals surface area contributed by atoms with E-state index in [2.05, 4.69) is 35.8 Å². The Morgan fingerprint density at radius 1 is 1.30 bits per heavy atom. The molecule has 2 aliphatic heterocycles. The lowest BCUT2D eigenvalue weighted by Crippen LogP contribution is -2.47. The first-order chi connectivity index (χ1) is 11.2. The summed E-state index contributed by atoms with van der Waals surface area (Å²) in [6, 6.07) is 7.70. The maximum Gasteiger partial charge on any atom is 0.164 e. The van der Waals surface area contributed by atoms with Crippen LogP contribution in [-0.2, 0) is 6.42 Å². The van der Waals surface area contributed by atoms with Gasteiger partial charge in [0.15, 0.2) is 11.5 Å². The van der Waals surface area contributed by atoms with Crippen LogP contribution in [0.2, 0.25) is 0 Å². The highest BCUT2D eigenvalue weighted by atomic mass is 16.5. The van der Waals surface area contributed by atoms with Crippen molar-refractivity contribution in [1.82, 2.24) is 15.8 Å². The summed E-state index contributed by atoms with van der Waals surface area (Å²) >= 11 is 0. The minimum atomic E-state index is 0.418. The summed E-state index contributed by atoms with van der Waals surface area (Å²) in [5.74, 6) is 1.76. The van der Waals surface area contributed by atoms with Gasteiger partial charge in [-0.15, -0.1) is 0 Å². The van der Waals surface area contributed by atoms with Gasteiger partial charge >= 0.3 is 0 Å². The van der Waals surface area contributed by atoms with Crippen molar-refractivity contribution in [3.8, 4) is 11.5 Å². The van der Waals surface area contributed by atoms with Crippen LogP contribution < -0.4 is 20.3 Å². The Hall–Kier alpha value is -1.30. The molecular weight excluding hydrogens is 290 g/mol. The molecule has 128 valence electrons. The van der Waals surface area contributed by atoms with Gasteiger partial charge in [0.1, 0.15) is 6.61 Å². The number of nitrogens with one attached hydrogen (secondary N) is 2. The number of likely N-dealkylation sites (N-methyl/N-ethyl adjacent to an activating group) is 1. The second-order valence-corrected chi connectivity index (χ2v) is 6.76. The van der Waals surface area contributed by atoms with Crippen molar-refractivity contribution in [2.24, 2.45) is 0 Å². The van der Waals surface area contributed by atoms with E-state index in [1.54, 1.807) is 7.11 Å². The first kappa shape index (κ1) is 16.6. The zero-order chi connectivity index (χ0) is 16.2. The number of hydrazine groups is 1. The summed E-state index contributed by atoms with van der Waals surface area (Å²) in [6.45, 7) is 4.01. The van der Waals surface area contributed by atoms with E-state index in [0.29, 0.717) is 18.1 Å². The van der Waals surface area contributed by atoms with E-state index >= 15 is 0 Å². The van der Waals surface area contributed by atoms with Crippen molar-refractivity contribution in [2.75, 3.05) is 27.3 Å². The van der Waals surface area contributed by atoms with Gasteiger partial charge in [0.2, 0.25) is 0 Å². The van der Waals surface area contributed by atoms with E-state index < -0.39 is 0 Å². The van der Waals surface area contributed by atoms with Crippen LogP contribution in [0.1, 0.15) is 31.7 Å². The number of benzene rings is 1. The van der Waals surface area contributed by atoms with Gasteiger partial charge in [-0.3, -0.25) is 15.8 Å². The molecule has 3 atom stereocenters. The van der Waals surface area contributed by atoms with Gasteiger partial charge in [-0.25, -0.2) is 0 Å². The third kappa shape index (κ3) is 3.79. The van der Waals surface area contributed by atoms with Crippen LogP contribution in [0, 0.1) is 0 Å². The predicted octanol–water partition coefficient (Wildman–Crippen LogP) is 1.97. The van der Waals surface area contributed by atoms with Gasteiger partial charge in [0, 0.05) is 24.7 Å². The highest BCUT2D eigenvalue weighted by molar-refractivity contribution is 5.48. The van der Waals surface area contributed by atoms with Crippen LogP contribution >= 0.6 is 0 Å². The summed E-state index contributed by atoms with van der Waals surface area (Å²) in [5, 5.41) is 0. The normalized spacial score (nSPS) is 26.9. The van der Waals surface area contributed by atoms with E-state index in [1.165, 1.54) is 24.8 Å². The van der Waals surface area contributed by atoms with Crippen LogP contribution in [0.3, 0.4) is 0 Å². The van der Waals surface area contributed by atoms with Crippen molar-refractivity contribution < 1.29 is 9.47 Å². The van der Waals surface area contributed by atoms with Crippen LogP contribution in [-0.4, -0.2) is 50.3 Å². The number of para-hydroxylation sites is 1. The minimum absolute atomic E-state index is 0.418. The molecule has 5 nitrogen and oxygen atoms in total. The standard InChI is InChI=1S/C18H29N3O2/c1-4-6-14-10-15(20-19-14)11-21(2)16-9-13-7-5-8-17(22-3)18(13)23-12-16/h5,7-8,14-16,19-20H,4,6,9-12H2,1-3H3. The zero-order valence-electron chi connectivity index (χ0n) is 14.5. The second-order valence-electron chi connectivity index (χ2n) is 6.76. The zero-order valence-corrected chi connectivity index (χ0v) is 14.5. The number of methoxy groups -OCH3 is 1. The lowest BCUT2D eigenvalue weighted by atomic mass is 10.00. The number of fused-ring (bicyclic) bond motifs is 1. The van der Waals surface area contributed by atoms with Crippen molar-refractivity contribution >= 4 is 0 Å². The van der Waals surface area contributed by atoms with Crippen molar-refractivity contribution in [3.63, 3.8) is 0 Å². The van der Waals surface area contributed by atoms with Crippen molar-refractivity contribution in [2.45, 2.75) is 50.7 Å². The molecule has 2 N–H and O–H groups in total. The third-order valence-electron chi connectivity index (χ3n) is 4.99. The number of rotatable bonds is 6. The van der Waals surface area contributed by atoms with E-state index in [9.17, 15) is 0 Å². The molecule has 3 rings (SSSR count). The molecule has 2 aliphatic rings. The molecule has 23 heavy (non-hydrogen) atoms. The molecule has 3 unspecified atom stereocenters. The van der Waals surface area contributed by atoms with Gasteiger partial charge in [0.05, 0.1) is 7.11 Å². The number of hydrogen-bond acceptors (Lipinski definition) is 5. The molecule has 0 aliphatic carbocycles. The maximum absolute atomic E-state index is 6.00. The minimum Gasteiger partial charge on any atom is -0.493 e. The maximum atomic E-state index is 6.00. The lowest BCUT2D eigenvalue weighted by molar-refractivity contribution is 0.131. The Kier molecular flexibility index (Phi) is 5.41. The Morgan fingerprint density at radius 2 is 2.13 bits per heavy atom. The van der Waals surface area contributed by atoms with Crippen LogP contribution in [0.15, 0.2) is 18.2 Å². The fourth-order valence-electron chi connectivity index (χ4n) is 3.67. The first-order valence-corrected chi connectivity index (χ1v) is 8.71. The molecule has 1 fully saturated rings. The number of nitrogens with zero attached hydrogens (tertiary/aromatic N) is 1. The molecule has 0 amide bonds. The quantitative estimate of drug-likeness (QED) is 0.839. The average Bonchev–Trinajstić information content (AvgIpc) is 3.01. The fraction of sp³-hybridized carbons (Fsp3) is 0.667. The number of ether oxygens (including phenoxy) is 2. The SMILES string of the molecule is CCCC1CC(CN(C)C2COc3c(cccc3OC)C2)NN1. The molecule has 1 aromatic rings. The van der Waals surface area contributed by atoms with Crippen LogP contribution in [0.5, 0.6) is 11.5 Å². The summed E-state index contributed by atoms with van der Waals surface area (Å²) in [4.78, 5) is 2.43. The van der Waals surface area contributed by atoms with E-state index in [-0.39, 0.29) is 0 Å². The van der Waals surface area contributed by atoms with Crippen LogP contribution in [0.25, 0.3) is 0 Å². The second kappa shape index (κ2) is 7.51. The monoisotopic (exact) mass is 319 g/mol. The Morgan fingerprint density at radius 3 is 2.91 bits per heavy atom. The Balaban J connectivity index is 1.56. The number of hydrogen-bond donors (Lipinski definition) is 2. The lowest BCUT2D eigenvalue weighted by Gasteiger charge is -2.34. The van der Waals surface area contributed by atoms with Crippen LogP contribution in [0.4, 0.5) is 0 Å². The van der Waals surface area contributed by atoms with Gasteiger partial charge in [-0.2, -0.15) is 0 Å². The Labute approximate surface area is 139 Å².